The van der Waals surface area contributed by atoms with Crippen LogP contribution in [0.3, 0.4) is 0 Å². The zero-order chi connectivity index (χ0) is 17.4. The molecule has 1 N–H and O–H groups in total. The third-order valence-electron chi connectivity index (χ3n) is 5.48. The van der Waals surface area contributed by atoms with Crippen molar-refractivity contribution in [2.75, 3.05) is 13.7 Å². The summed E-state index contributed by atoms with van der Waals surface area (Å²) in [6.45, 7) is 0.510. The third kappa shape index (κ3) is 3.13. The zero-order valence-corrected chi connectivity index (χ0v) is 14.8. The van der Waals surface area contributed by atoms with E-state index in [1.807, 2.05) is 0 Å². The summed E-state index contributed by atoms with van der Waals surface area (Å²) in [4.78, 5) is 0.182. The number of hydrogen-bond acceptors (Lipinski definition) is 6. The maximum absolute atomic E-state index is 12.7. The molecule has 1 aromatic carbocycles. The van der Waals surface area contributed by atoms with E-state index in [0.29, 0.717) is 29.8 Å². The Labute approximate surface area is 146 Å². The molecule has 9 heteroatoms. The summed E-state index contributed by atoms with van der Waals surface area (Å²) in [7, 11) is -2.07. The molecule has 1 heterocycles. The van der Waals surface area contributed by atoms with Crippen LogP contribution in [0.1, 0.15) is 25.7 Å². The molecule has 0 aliphatic heterocycles. The van der Waals surface area contributed by atoms with E-state index in [0.717, 1.165) is 12.3 Å². The van der Waals surface area contributed by atoms with Crippen molar-refractivity contribution in [2.24, 2.45) is 17.8 Å². The van der Waals surface area contributed by atoms with Crippen molar-refractivity contribution in [3.8, 4) is 11.4 Å². The van der Waals surface area contributed by atoms with E-state index >= 15 is 0 Å². The van der Waals surface area contributed by atoms with Gasteiger partial charge in [-0.3, -0.25) is 0 Å². The van der Waals surface area contributed by atoms with E-state index in [1.165, 1.54) is 49.5 Å². The summed E-state index contributed by atoms with van der Waals surface area (Å²) in [5.41, 5.74) is 0.482. The van der Waals surface area contributed by atoms with Crippen molar-refractivity contribution >= 4 is 10.0 Å². The highest BCUT2D eigenvalue weighted by atomic mass is 32.2. The van der Waals surface area contributed by atoms with Crippen LogP contribution in [0.15, 0.2) is 29.4 Å². The molecule has 25 heavy (non-hydrogen) atoms. The van der Waals surface area contributed by atoms with Crippen LogP contribution in [0.4, 0.5) is 0 Å². The molecule has 0 saturated heterocycles. The number of benzene rings is 1. The highest BCUT2D eigenvalue weighted by Crippen LogP contribution is 2.48. The first-order valence-corrected chi connectivity index (χ1v) is 9.96. The Hall–Kier alpha value is -2.00. The Morgan fingerprint density at radius 1 is 1.32 bits per heavy atom. The number of fused-ring (bicyclic) bond motifs is 2. The Bertz CT molecular complexity index is 853. The second-order valence-corrected chi connectivity index (χ2v) is 8.64. The van der Waals surface area contributed by atoms with Crippen LogP contribution in [0.2, 0.25) is 0 Å². The lowest BCUT2D eigenvalue weighted by atomic mass is 9.89. The number of rotatable bonds is 6. The zero-order valence-electron chi connectivity index (χ0n) is 14.0. The predicted octanol–water partition coefficient (Wildman–Crippen LogP) is 1.39. The maximum Gasteiger partial charge on any atom is 0.240 e. The smallest absolute Gasteiger partial charge is 0.240 e. The molecular weight excluding hydrogens is 342 g/mol. The van der Waals surface area contributed by atoms with Gasteiger partial charge in [0.15, 0.2) is 0 Å². The van der Waals surface area contributed by atoms with Crippen molar-refractivity contribution in [3.05, 3.63) is 24.5 Å². The maximum atomic E-state index is 12.7. The molecule has 2 bridgehead atoms. The monoisotopic (exact) mass is 363 g/mol. The van der Waals surface area contributed by atoms with Gasteiger partial charge in [-0.05, 0) is 65.6 Å². The normalized spacial score (nSPS) is 25.4. The Morgan fingerprint density at radius 2 is 2.20 bits per heavy atom. The lowest BCUT2D eigenvalue weighted by Crippen LogP contribution is -2.31. The van der Waals surface area contributed by atoms with Crippen LogP contribution in [0.25, 0.3) is 5.69 Å². The molecule has 4 rings (SSSR count). The molecule has 2 aliphatic rings. The van der Waals surface area contributed by atoms with Gasteiger partial charge in [0.05, 0.1) is 12.0 Å². The molecule has 134 valence electrons. The molecule has 1 aromatic heterocycles. The van der Waals surface area contributed by atoms with Crippen molar-refractivity contribution < 1.29 is 13.2 Å². The summed E-state index contributed by atoms with van der Waals surface area (Å²) in [5, 5.41) is 11.0. The summed E-state index contributed by atoms with van der Waals surface area (Å²) < 4.78 is 34.9. The average Bonchev–Trinajstić information content (AvgIpc) is 3.36. The fraction of sp³-hybridized carbons (Fsp3) is 0.562. The van der Waals surface area contributed by atoms with Crippen molar-refractivity contribution in [2.45, 2.75) is 30.6 Å². The largest absolute Gasteiger partial charge is 0.494 e. The Morgan fingerprint density at radius 3 is 2.84 bits per heavy atom. The van der Waals surface area contributed by atoms with Crippen LogP contribution in [0.5, 0.6) is 5.75 Å². The van der Waals surface area contributed by atoms with Gasteiger partial charge in [-0.25, -0.2) is 13.1 Å². The Balaban J connectivity index is 1.54. The summed E-state index contributed by atoms with van der Waals surface area (Å²) >= 11 is 0. The SMILES string of the molecule is COc1ccc(S(=O)(=O)NC[C@@H]2C[C@H]3CC[C@@H]2C3)cc1-n1cnnn1. The molecule has 0 amide bonds. The fourth-order valence-electron chi connectivity index (χ4n) is 4.21. The van der Waals surface area contributed by atoms with Gasteiger partial charge in [0.2, 0.25) is 10.0 Å². The summed E-state index contributed by atoms with van der Waals surface area (Å²) in [6, 6.07) is 4.68. The highest BCUT2D eigenvalue weighted by Gasteiger charge is 2.39. The second kappa shape index (κ2) is 6.38. The van der Waals surface area contributed by atoms with E-state index < -0.39 is 10.0 Å². The van der Waals surface area contributed by atoms with Gasteiger partial charge < -0.3 is 4.74 Å². The topological polar surface area (TPSA) is 99.0 Å². The number of ether oxygens (including phenoxy) is 1. The number of aromatic nitrogens is 4. The Kier molecular flexibility index (Phi) is 4.20. The summed E-state index contributed by atoms with van der Waals surface area (Å²) in [5.74, 6) is 2.44. The van der Waals surface area contributed by atoms with E-state index in [4.69, 9.17) is 4.74 Å². The van der Waals surface area contributed by atoms with Crippen LogP contribution in [-0.4, -0.2) is 42.3 Å². The van der Waals surface area contributed by atoms with Gasteiger partial charge in [0, 0.05) is 6.54 Å². The molecule has 2 aliphatic carbocycles. The fourth-order valence-corrected chi connectivity index (χ4v) is 5.33. The van der Waals surface area contributed by atoms with Gasteiger partial charge in [0.25, 0.3) is 0 Å². The number of methoxy groups -OCH3 is 1. The lowest BCUT2D eigenvalue weighted by molar-refractivity contribution is 0.333. The quantitative estimate of drug-likeness (QED) is 0.832. The number of hydrogen-bond donors (Lipinski definition) is 1. The van der Waals surface area contributed by atoms with Crippen LogP contribution in [0, 0.1) is 17.8 Å². The molecule has 3 atom stereocenters. The van der Waals surface area contributed by atoms with Crippen molar-refractivity contribution in [1.82, 2.24) is 24.9 Å². The van der Waals surface area contributed by atoms with Crippen LogP contribution < -0.4 is 9.46 Å². The van der Waals surface area contributed by atoms with Crippen LogP contribution in [-0.2, 0) is 10.0 Å². The number of tetrazole rings is 1. The van der Waals surface area contributed by atoms with E-state index in [9.17, 15) is 8.42 Å². The van der Waals surface area contributed by atoms with Crippen molar-refractivity contribution in [1.29, 1.82) is 0 Å². The highest BCUT2D eigenvalue weighted by molar-refractivity contribution is 7.89. The minimum Gasteiger partial charge on any atom is -0.494 e. The van der Waals surface area contributed by atoms with Gasteiger partial charge in [-0.2, -0.15) is 4.68 Å². The molecule has 0 spiro atoms. The van der Waals surface area contributed by atoms with Crippen LogP contribution >= 0.6 is 0 Å². The van der Waals surface area contributed by atoms with Gasteiger partial charge in [-0.15, -0.1) is 5.10 Å². The van der Waals surface area contributed by atoms with Gasteiger partial charge in [0.1, 0.15) is 17.8 Å². The average molecular weight is 363 g/mol. The molecule has 2 aromatic rings. The standard InChI is InChI=1S/C16H21N5O3S/c1-24-16-5-4-14(8-15(16)21-10-17-19-20-21)25(22,23)18-9-13-7-11-2-3-12(13)6-11/h4-5,8,10-13,18H,2-3,6-7,9H2,1H3/t11-,12+,13-/m0/s1. The predicted molar refractivity (Wildman–Crippen MR) is 89.8 cm³/mol. The first-order chi connectivity index (χ1) is 12.1. The first kappa shape index (κ1) is 16.5. The number of nitrogens with one attached hydrogen (secondary N) is 1. The number of nitrogens with zero attached hydrogens (tertiary/aromatic N) is 4. The van der Waals surface area contributed by atoms with E-state index in [2.05, 4.69) is 20.2 Å². The molecule has 2 fully saturated rings. The molecule has 8 nitrogen and oxygen atoms in total. The molecular formula is C16H21N5O3S. The minimum atomic E-state index is -3.59. The van der Waals surface area contributed by atoms with E-state index in [1.54, 1.807) is 6.07 Å². The number of sulfonamides is 1. The molecule has 0 radical (unpaired) electrons. The summed E-state index contributed by atoms with van der Waals surface area (Å²) in [6.07, 6.45) is 6.35. The lowest BCUT2D eigenvalue weighted by Gasteiger charge is -2.22. The van der Waals surface area contributed by atoms with Crippen molar-refractivity contribution in [3.63, 3.8) is 0 Å². The molecule has 2 saturated carbocycles. The second-order valence-electron chi connectivity index (χ2n) is 6.87. The minimum absolute atomic E-state index is 0.182. The van der Waals surface area contributed by atoms with Gasteiger partial charge in [-0.1, -0.05) is 6.42 Å². The van der Waals surface area contributed by atoms with Gasteiger partial charge >= 0.3 is 0 Å². The first-order valence-electron chi connectivity index (χ1n) is 8.48. The molecule has 0 unspecified atom stereocenters. The van der Waals surface area contributed by atoms with E-state index in [-0.39, 0.29) is 4.90 Å². The third-order valence-corrected chi connectivity index (χ3v) is 6.90.